The van der Waals surface area contributed by atoms with Crippen molar-refractivity contribution in [2.75, 3.05) is 20.2 Å². The molecule has 1 aliphatic rings. The second-order valence-corrected chi connectivity index (χ2v) is 10.7. The minimum Gasteiger partial charge on any atom is -0.377 e. The van der Waals surface area contributed by atoms with Crippen LogP contribution in [0.1, 0.15) is 28.1 Å². The molecule has 1 atom stereocenters. The normalized spacial score (nSPS) is 17.2. The highest BCUT2D eigenvalue weighted by atomic mass is 79.9. The van der Waals surface area contributed by atoms with Crippen molar-refractivity contribution in [3.8, 4) is 0 Å². The first kappa shape index (κ1) is 20.5. The van der Waals surface area contributed by atoms with E-state index >= 15 is 0 Å². The van der Waals surface area contributed by atoms with Crippen LogP contribution in [0, 0.1) is 0 Å². The molecule has 27 heavy (non-hydrogen) atoms. The SMILES string of the molecule is CN(Cc1ccc(Br)s1)C(=O)c1ccc(S(=O)(=O)NCC2CCCO2)cc1. The van der Waals surface area contributed by atoms with Gasteiger partial charge < -0.3 is 9.64 Å². The summed E-state index contributed by atoms with van der Waals surface area (Å²) in [6, 6.07) is 9.92. The maximum Gasteiger partial charge on any atom is 0.253 e. The number of ether oxygens (including phenoxy) is 1. The average Bonchev–Trinajstić information content (AvgIpc) is 3.31. The number of amides is 1. The summed E-state index contributed by atoms with van der Waals surface area (Å²) < 4.78 is 33.8. The Balaban J connectivity index is 1.62. The highest BCUT2D eigenvalue weighted by molar-refractivity contribution is 9.11. The molecule has 1 fully saturated rings. The van der Waals surface area contributed by atoms with Gasteiger partial charge in [-0.05, 0) is 65.2 Å². The molecule has 0 spiro atoms. The Morgan fingerprint density at radius 1 is 1.30 bits per heavy atom. The predicted octanol–water partition coefficient (Wildman–Crippen LogP) is 3.24. The van der Waals surface area contributed by atoms with Crippen LogP contribution in [0.15, 0.2) is 45.1 Å². The number of halogens is 1. The zero-order chi connectivity index (χ0) is 19.4. The van der Waals surface area contributed by atoms with E-state index in [1.807, 2.05) is 12.1 Å². The van der Waals surface area contributed by atoms with E-state index in [0.717, 1.165) is 21.5 Å². The molecule has 1 unspecified atom stereocenters. The number of carbonyl (C=O) groups is 1. The Hall–Kier alpha value is -1.26. The van der Waals surface area contributed by atoms with Crippen LogP contribution in [-0.4, -0.2) is 45.5 Å². The summed E-state index contributed by atoms with van der Waals surface area (Å²) in [5, 5.41) is 0. The molecule has 2 heterocycles. The van der Waals surface area contributed by atoms with E-state index in [-0.39, 0.29) is 23.5 Å². The van der Waals surface area contributed by atoms with E-state index in [2.05, 4.69) is 20.7 Å². The lowest BCUT2D eigenvalue weighted by Crippen LogP contribution is -2.32. The van der Waals surface area contributed by atoms with Gasteiger partial charge in [0.2, 0.25) is 10.0 Å². The van der Waals surface area contributed by atoms with E-state index in [9.17, 15) is 13.2 Å². The molecular weight excluding hydrogens is 452 g/mol. The van der Waals surface area contributed by atoms with Crippen LogP contribution >= 0.6 is 27.3 Å². The summed E-state index contributed by atoms with van der Waals surface area (Å²) in [4.78, 5) is 15.4. The van der Waals surface area contributed by atoms with E-state index in [1.165, 1.54) is 12.1 Å². The molecule has 1 saturated heterocycles. The summed E-state index contributed by atoms with van der Waals surface area (Å²) in [6.45, 7) is 1.44. The van der Waals surface area contributed by atoms with Crippen molar-refractivity contribution >= 4 is 43.2 Å². The first-order valence-electron chi connectivity index (χ1n) is 8.56. The zero-order valence-electron chi connectivity index (χ0n) is 14.9. The monoisotopic (exact) mass is 472 g/mol. The third kappa shape index (κ3) is 5.39. The summed E-state index contributed by atoms with van der Waals surface area (Å²) in [5.41, 5.74) is 0.450. The Kier molecular flexibility index (Phi) is 6.69. The lowest BCUT2D eigenvalue weighted by Gasteiger charge is -2.16. The quantitative estimate of drug-likeness (QED) is 0.670. The fourth-order valence-electron chi connectivity index (χ4n) is 2.83. The second-order valence-electron chi connectivity index (χ2n) is 6.38. The minimum atomic E-state index is -3.61. The Bertz CT molecular complexity index is 890. The Labute approximate surface area is 171 Å². The van der Waals surface area contributed by atoms with Crippen molar-refractivity contribution in [2.45, 2.75) is 30.4 Å². The number of rotatable bonds is 7. The number of benzene rings is 1. The van der Waals surface area contributed by atoms with Gasteiger partial charge in [-0.1, -0.05) is 0 Å². The zero-order valence-corrected chi connectivity index (χ0v) is 18.1. The average molecular weight is 473 g/mol. The molecule has 6 nitrogen and oxygen atoms in total. The standard InChI is InChI=1S/C18H21BrN2O4S2/c1-21(12-15-6-9-17(19)26-15)18(22)13-4-7-16(8-5-13)27(23,24)20-11-14-3-2-10-25-14/h4-9,14,20H,2-3,10-12H2,1H3. The molecule has 1 N–H and O–H groups in total. The number of hydrogen-bond acceptors (Lipinski definition) is 5. The van der Waals surface area contributed by atoms with E-state index in [1.54, 1.807) is 35.4 Å². The van der Waals surface area contributed by atoms with Gasteiger partial charge in [-0.15, -0.1) is 11.3 Å². The fourth-order valence-corrected chi connectivity index (χ4v) is 5.43. The fraction of sp³-hybridized carbons (Fsp3) is 0.389. The molecule has 2 aromatic rings. The lowest BCUT2D eigenvalue weighted by molar-refractivity contribution is 0.0786. The van der Waals surface area contributed by atoms with Gasteiger partial charge in [-0.25, -0.2) is 13.1 Å². The predicted molar refractivity (Wildman–Crippen MR) is 108 cm³/mol. The summed E-state index contributed by atoms with van der Waals surface area (Å²) >= 11 is 4.98. The number of nitrogens with one attached hydrogen (secondary N) is 1. The summed E-state index contributed by atoms with van der Waals surface area (Å²) in [6.07, 6.45) is 1.76. The molecule has 0 bridgehead atoms. The molecule has 3 rings (SSSR count). The van der Waals surface area contributed by atoms with Crippen LogP contribution in [-0.2, 0) is 21.3 Å². The van der Waals surface area contributed by atoms with Crippen molar-refractivity contribution in [1.82, 2.24) is 9.62 Å². The van der Waals surface area contributed by atoms with Crippen LogP contribution in [0.2, 0.25) is 0 Å². The molecule has 146 valence electrons. The Morgan fingerprint density at radius 3 is 2.63 bits per heavy atom. The number of hydrogen-bond donors (Lipinski definition) is 1. The van der Waals surface area contributed by atoms with Gasteiger partial charge in [-0.3, -0.25) is 4.79 Å². The maximum absolute atomic E-state index is 12.6. The molecule has 9 heteroatoms. The first-order chi connectivity index (χ1) is 12.8. The van der Waals surface area contributed by atoms with Crippen molar-refractivity contribution in [3.05, 3.63) is 50.6 Å². The Morgan fingerprint density at radius 2 is 2.04 bits per heavy atom. The smallest absolute Gasteiger partial charge is 0.253 e. The van der Waals surface area contributed by atoms with Crippen LogP contribution < -0.4 is 4.72 Å². The van der Waals surface area contributed by atoms with Crippen molar-refractivity contribution in [1.29, 1.82) is 0 Å². The first-order valence-corrected chi connectivity index (χ1v) is 11.7. The van der Waals surface area contributed by atoms with Crippen molar-refractivity contribution in [3.63, 3.8) is 0 Å². The van der Waals surface area contributed by atoms with Crippen LogP contribution in [0.5, 0.6) is 0 Å². The number of thiophene rings is 1. The van der Waals surface area contributed by atoms with Gasteiger partial charge in [0.15, 0.2) is 0 Å². The highest BCUT2D eigenvalue weighted by Gasteiger charge is 2.21. The summed E-state index contributed by atoms with van der Waals surface area (Å²) in [7, 11) is -1.89. The molecular formula is C18H21BrN2O4S2. The van der Waals surface area contributed by atoms with Gasteiger partial charge in [0.25, 0.3) is 5.91 Å². The molecule has 1 aromatic heterocycles. The van der Waals surface area contributed by atoms with Crippen LogP contribution in [0.4, 0.5) is 0 Å². The van der Waals surface area contributed by atoms with Gasteiger partial charge in [-0.2, -0.15) is 0 Å². The third-order valence-corrected chi connectivity index (χ3v) is 7.35. The number of nitrogens with zero attached hydrogens (tertiary/aromatic N) is 1. The summed E-state index contributed by atoms with van der Waals surface area (Å²) in [5.74, 6) is -0.157. The highest BCUT2D eigenvalue weighted by Crippen LogP contribution is 2.23. The minimum absolute atomic E-state index is 0.0634. The topological polar surface area (TPSA) is 75.7 Å². The third-order valence-electron chi connectivity index (χ3n) is 4.31. The molecule has 0 aliphatic carbocycles. The van der Waals surface area contributed by atoms with E-state index in [4.69, 9.17) is 4.74 Å². The van der Waals surface area contributed by atoms with Gasteiger partial charge in [0.05, 0.1) is 21.3 Å². The van der Waals surface area contributed by atoms with Crippen LogP contribution in [0.25, 0.3) is 0 Å². The lowest BCUT2D eigenvalue weighted by atomic mass is 10.2. The number of sulfonamides is 1. The van der Waals surface area contributed by atoms with Crippen molar-refractivity contribution < 1.29 is 17.9 Å². The largest absolute Gasteiger partial charge is 0.377 e. The molecule has 1 aromatic carbocycles. The molecule has 1 amide bonds. The molecule has 1 aliphatic heterocycles. The van der Waals surface area contributed by atoms with E-state index in [0.29, 0.717) is 18.7 Å². The second kappa shape index (κ2) is 8.83. The van der Waals surface area contributed by atoms with Gasteiger partial charge in [0, 0.05) is 30.6 Å². The maximum atomic E-state index is 12.6. The van der Waals surface area contributed by atoms with Gasteiger partial charge in [0.1, 0.15) is 0 Å². The van der Waals surface area contributed by atoms with Gasteiger partial charge >= 0.3 is 0 Å². The molecule has 0 saturated carbocycles. The van der Waals surface area contributed by atoms with E-state index < -0.39 is 10.0 Å². The van der Waals surface area contributed by atoms with Crippen LogP contribution in [0.3, 0.4) is 0 Å². The number of carbonyl (C=O) groups excluding carboxylic acids is 1. The van der Waals surface area contributed by atoms with Crippen molar-refractivity contribution in [2.24, 2.45) is 0 Å². The molecule has 0 radical (unpaired) electrons.